The molecule has 0 unspecified atom stereocenters. The van der Waals surface area contributed by atoms with Crippen LogP contribution in [0.3, 0.4) is 0 Å². The Kier molecular flexibility index (Phi) is 7.80. The molecular weight excluding hydrogens is 272 g/mol. The Morgan fingerprint density at radius 3 is 2.25 bits per heavy atom. The van der Waals surface area contributed by atoms with Gasteiger partial charge in [0, 0.05) is 13.1 Å². The van der Waals surface area contributed by atoms with Gasteiger partial charge in [-0.05, 0) is 24.1 Å². The Balaban J connectivity index is 2.46. The summed E-state index contributed by atoms with van der Waals surface area (Å²) in [6.07, 6.45) is 3.05. The van der Waals surface area contributed by atoms with E-state index in [0.29, 0.717) is 6.54 Å². The highest BCUT2D eigenvalue weighted by atomic mass is 32.2. The zero-order valence-corrected chi connectivity index (χ0v) is 13.3. The molecule has 0 aliphatic carbocycles. The number of nitrogens with one attached hydrogen (secondary N) is 2. The SMILES string of the molecule is CCCCCNS(=O)(=O)Cc1ccc(CNCC)cc1. The fourth-order valence-electron chi connectivity index (χ4n) is 1.90. The Hall–Kier alpha value is -0.910. The molecule has 4 nitrogen and oxygen atoms in total. The van der Waals surface area contributed by atoms with Gasteiger partial charge in [0.2, 0.25) is 10.0 Å². The maximum Gasteiger partial charge on any atom is 0.215 e. The van der Waals surface area contributed by atoms with Gasteiger partial charge in [0.15, 0.2) is 0 Å². The van der Waals surface area contributed by atoms with Crippen molar-refractivity contribution in [3.8, 4) is 0 Å². The van der Waals surface area contributed by atoms with Crippen LogP contribution in [-0.4, -0.2) is 21.5 Å². The molecule has 0 atom stereocenters. The van der Waals surface area contributed by atoms with Gasteiger partial charge < -0.3 is 5.32 Å². The van der Waals surface area contributed by atoms with Crippen LogP contribution < -0.4 is 10.0 Å². The van der Waals surface area contributed by atoms with E-state index < -0.39 is 10.0 Å². The summed E-state index contributed by atoms with van der Waals surface area (Å²) >= 11 is 0. The average molecular weight is 298 g/mol. The predicted molar refractivity (Wildman–Crippen MR) is 84.0 cm³/mol. The van der Waals surface area contributed by atoms with Crippen molar-refractivity contribution >= 4 is 10.0 Å². The van der Waals surface area contributed by atoms with Gasteiger partial charge in [-0.2, -0.15) is 0 Å². The monoisotopic (exact) mass is 298 g/mol. The quantitative estimate of drug-likeness (QED) is 0.652. The zero-order valence-electron chi connectivity index (χ0n) is 12.5. The first kappa shape index (κ1) is 17.1. The standard InChI is InChI=1S/C15H26N2O2S/c1-3-5-6-11-17-20(18,19)13-15-9-7-14(8-10-15)12-16-4-2/h7-10,16-17H,3-6,11-13H2,1-2H3. The lowest BCUT2D eigenvalue weighted by molar-refractivity contribution is 0.575. The van der Waals surface area contributed by atoms with Gasteiger partial charge in [-0.1, -0.05) is 51.0 Å². The molecule has 2 N–H and O–H groups in total. The van der Waals surface area contributed by atoms with Gasteiger partial charge in [-0.3, -0.25) is 0 Å². The molecule has 0 radical (unpaired) electrons. The lowest BCUT2D eigenvalue weighted by atomic mass is 10.1. The van der Waals surface area contributed by atoms with Crippen LogP contribution in [-0.2, 0) is 22.3 Å². The van der Waals surface area contributed by atoms with Gasteiger partial charge >= 0.3 is 0 Å². The fourth-order valence-corrected chi connectivity index (χ4v) is 3.08. The maximum absolute atomic E-state index is 11.9. The van der Waals surface area contributed by atoms with E-state index in [2.05, 4.69) is 23.9 Å². The summed E-state index contributed by atoms with van der Waals surface area (Å²) in [5.74, 6) is 0.0562. The van der Waals surface area contributed by atoms with Crippen molar-refractivity contribution in [2.45, 2.75) is 45.4 Å². The summed E-state index contributed by atoms with van der Waals surface area (Å²) in [4.78, 5) is 0. The van der Waals surface area contributed by atoms with Crippen molar-refractivity contribution in [2.24, 2.45) is 0 Å². The summed E-state index contributed by atoms with van der Waals surface area (Å²) in [6, 6.07) is 7.73. The number of hydrogen-bond acceptors (Lipinski definition) is 3. The molecule has 1 aromatic carbocycles. The van der Waals surface area contributed by atoms with Gasteiger partial charge in [-0.15, -0.1) is 0 Å². The summed E-state index contributed by atoms with van der Waals surface area (Å²) in [7, 11) is -3.21. The minimum absolute atomic E-state index is 0.0562. The fraction of sp³-hybridized carbons (Fsp3) is 0.600. The van der Waals surface area contributed by atoms with E-state index in [1.165, 1.54) is 5.56 Å². The summed E-state index contributed by atoms with van der Waals surface area (Å²) in [5.41, 5.74) is 2.00. The molecule has 114 valence electrons. The Morgan fingerprint density at radius 2 is 1.65 bits per heavy atom. The molecule has 0 aliphatic rings. The highest BCUT2D eigenvalue weighted by Gasteiger charge is 2.10. The normalized spacial score (nSPS) is 11.7. The zero-order chi connectivity index (χ0) is 14.8. The van der Waals surface area contributed by atoms with Gasteiger partial charge in [0.1, 0.15) is 0 Å². The number of rotatable bonds is 10. The molecule has 0 saturated heterocycles. The second-order valence-electron chi connectivity index (χ2n) is 4.96. The first-order valence-electron chi connectivity index (χ1n) is 7.33. The van der Waals surface area contributed by atoms with Crippen molar-refractivity contribution in [3.63, 3.8) is 0 Å². The van der Waals surface area contributed by atoms with E-state index >= 15 is 0 Å². The van der Waals surface area contributed by atoms with Crippen molar-refractivity contribution in [2.75, 3.05) is 13.1 Å². The second-order valence-corrected chi connectivity index (χ2v) is 6.76. The number of benzene rings is 1. The first-order valence-corrected chi connectivity index (χ1v) is 8.98. The lowest BCUT2D eigenvalue weighted by Crippen LogP contribution is -2.26. The average Bonchev–Trinajstić information content (AvgIpc) is 2.42. The van der Waals surface area contributed by atoms with Gasteiger partial charge in [0.05, 0.1) is 5.75 Å². The van der Waals surface area contributed by atoms with Crippen molar-refractivity contribution < 1.29 is 8.42 Å². The second kappa shape index (κ2) is 9.10. The molecule has 0 aliphatic heterocycles. The molecule has 0 saturated carbocycles. The third-order valence-corrected chi connectivity index (χ3v) is 4.42. The topological polar surface area (TPSA) is 58.2 Å². The Morgan fingerprint density at radius 1 is 1.00 bits per heavy atom. The molecule has 0 bridgehead atoms. The van der Waals surface area contributed by atoms with Crippen LogP contribution in [0.25, 0.3) is 0 Å². The van der Waals surface area contributed by atoms with E-state index in [1.54, 1.807) is 0 Å². The molecule has 1 aromatic rings. The third kappa shape index (κ3) is 7.03. The van der Waals surface area contributed by atoms with Crippen LogP contribution in [0, 0.1) is 0 Å². The van der Waals surface area contributed by atoms with E-state index in [0.717, 1.165) is 37.9 Å². The Labute approximate surface area is 123 Å². The van der Waals surface area contributed by atoms with E-state index in [1.807, 2.05) is 24.3 Å². The van der Waals surface area contributed by atoms with Crippen molar-refractivity contribution in [1.29, 1.82) is 0 Å². The maximum atomic E-state index is 11.9. The largest absolute Gasteiger partial charge is 0.313 e. The van der Waals surface area contributed by atoms with E-state index in [9.17, 15) is 8.42 Å². The molecule has 0 amide bonds. The number of sulfonamides is 1. The third-order valence-electron chi connectivity index (χ3n) is 3.06. The number of hydrogen-bond donors (Lipinski definition) is 2. The van der Waals surface area contributed by atoms with Crippen molar-refractivity contribution in [1.82, 2.24) is 10.0 Å². The van der Waals surface area contributed by atoms with Crippen molar-refractivity contribution in [3.05, 3.63) is 35.4 Å². The van der Waals surface area contributed by atoms with E-state index in [-0.39, 0.29) is 5.75 Å². The Bertz CT molecular complexity index is 469. The predicted octanol–water partition coefficient (Wildman–Crippen LogP) is 2.41. The van der Waals surface area contributed by atoms with Crippen LogP contribution in [0.2, 0.25) is 0 Å². The molecule has 20 heavy (non-hydrogen) atoms. The molecule has 0 spiro atoms. The summed E-state index contributed by atoms with van der Waals surface area (Å²) in [5, 5.41) is 3.24. The molecule has 5 heteroatoms. The van der Waals surface area contributed by atoms with Gasteiger partial charge in [0.25, 0.3) is 0 Å². The van der Waals surface area contributed by atoms with Crippen LogP contribution in [0.1, 0.15) is 44.2 Å². The number of unbranched alkanes of at least 4 members (excludes halogenated alkanes) is 2. The minimum atomic E-state index is -3.21. The molecular formula is C15H26N2O2S. The lowest BCUT2D eigenvalue weighted by Gasteiger charge is -2.07. The summed E-state index contributed by atoms with van der Waals surface area (Å²) < 4.78 is 26.4. The minimum Gasteiger partial charge on any atom is -0.313 e. The molecule has 0 heterocycles. The van der Waals surface area contributed by atoms with Gasteiger partial charge in [-0.25, -0.2) is 13.1 Å². The van der Waals surface area contributed by atoms with Crippen LogP contribution in [0.15, 0.2) is 24.3 Å². The molecule has 0 fully saturated rings. The van der Waals surface area contributed by atoms with Crippen LogP contribution in [0.5, 0.6) is 0 Å². The van der Waals surface area contributed by atoms with Crippen LogP contribution in [0.4, 0.5) is 0 Å². The highest BCUT2D eigenvalue weighted by molar-refractivity contribution is 7.88. The smallest absolute Gasteiger partial charge is 0.215 e. The highest BCUT2D eigenvalue weighted by Crippen LogP contribution is 2.08. The van der Waals surface area contributed by atoms with Crippen LogP contribution >= 0.6 is 0 Å². The molecule has 0 aromatic heterocycles. The van der Waals surface area contributed by atoms with E-state index in [4.69, 9.17) is 0 Å². The summed E-state index contributed by atoms with van der Waals surface area (Å²) in [6.45, 7) is 6.44. The first-order chi connectivity index (χ1) is 9.57. The molecule has 1 rings (SSSR count).